The summed E-state index contributed by atoms with van der Waals surface area (Å²) in [5.74, 6) is -0.302. The molecule has 0 aliphatic heterocycles. The second-order valence-electron chi connectivity index (χ2n) is 4.04. The molecule has 4 heteroatoms. The zero-order valence-corrected chi connectivity index (χ0v) is 10.6. The van der Waals surface area contributed by atoms with E-state index in [0.29, 0.717) is 6.61 Å². The van der Waals surface area contributed by atoms with Crippen LogP contribution in [0.4, 0.5) is 4.39 Å². The molecular weight excluding hydrogens is 219 g/mol. The average molecular weight is 240 g/mol. The Bertz CT molecular complexity index is 303. The van der Waals surface area contributed by atoms with Crippen molar-refractivity contribution in [3.05, 3.63) is 29.8 Å². The molecule has 1 heterocycles. The number of nitrogens with one attached hydrogen (secondary N) is 1. The molecule has 0 spiro atoms. The van der Waals surface area contributed by atoms with Crippen LogP contribution in [0.2, 0.25) is 0 Å². The predicted octanol–water partition coefficient (Wildman–Crippen LogP) is 2.69. The third-order valence-corrected chi connectivity index (χ3v) is 2.53. The minimum atomic E-state index is -0.302. The second kappa shape index (κ2) is 8.14. The van der Waals surface area contributed by atoms with Crippen LogP contribution >= 0.6 is 0 Å². The third-order valence-electron chi connectivity index (χ3n) is 2.53. The zero-order chi connectivity index (χ0) is 12.5. The largest absolute Gasteiger partial charge is 0.380 e. The Hall–Kier alpha value is -1.00. The molecule has 1 N–H and O–H groups in total. The molecule has 1 atom stereocenters. The molecule has 1 aromatic heterocycles. The predicted molar refractivity (Wildman–Crippen MR) is 66.3 cm³/mol. The van der Waals surface area contributed by atoms with Crippen LogP contribution in [0, 0.1) is 5.82 Å². The molecule has 0 aliphatic carbocycles. The standard InChI is InChI=1S/C13H21FN2O/c1-3-4-8-17-9-7-15-11(2)13-6-5-12(14)10-16-13/h5-6,10-11,15H,3-4,7-9H2,1-2H3. The number of hydrogen-bond acceptors (Lipinski definition) is 3. The molecule has 96 valence electrons. The number of rotatable bonds is 8. The fourth-order valence-corrected chi connectivity index (χ4v) is 1.44. The quantitative estimate of drug-likeness (QED) is 0.709. The van der Waals surface area contributed by atoms with Crippen molar-refractivity contribution in [2.75, 3.05) is 19.8 Å². The van der Waals surface area contributed by atoms with E-state index < -0.39 is 0 Å². The Labute approximate surface area is 102 Å². The molecule has 0 aliphatic rings. The number of hydrogen-bond donors (Lipinski definition) is 1. The Morgan fingerprint density at radius 3 is 2.88 bits per heavy atom. The van der Waals surface area contributed by atoms with Crippen molar-refractivity contribution < 1.29 is 9.13 Å². The molecule has 0 saturated heterocycles. The maximum absolute atomic E-state index is 12.7. The van der Waals surface area contributed by atoms with Crippen molar-refractivity contribution in [2.45, 2.75) is 32.7 Å². The third kappa shape index (κ3) is 5.75. The Balaban J connectivity index is 2.16. The maximum Gasteiger partial charge on any atom is 0.141 e. The van der Waals surface area contributed by atoms with Gasteiger partial charge in [-0.2, -0.15) is 0 Å². The first-order chi connectivity index (χ1) is 8.24. The molecule has 17 heavy (non-hydrogen) atoms. The van der Waals surface area contributed by atoms with Crippen molar-refractivity contribution in [3.8, 4) is 0 Å². The van der Waals surface area contributed by atoms with Gasteiger partial charge in [0.15, 0.2) is 0 Å². The van der Waals surface area contributed by atoms with Crippen molar-refractivity contribution in [3.63, 3.8) is 0 Å². The van der Waals surface area contributed by atoms with E-state index in [1.807, 2.05) is 6.92 Å². The summed E-state index contributed by atoms with van der Waals surface area (Å²) >= 11 is 0. The van der Waals surface area contributed by atoms with E-state index in [1.54, 1.807) is 6.07 Å². The van der Waals surface area contributed by atoms with Gasteiger partial charge in [-0.15, -0.1) is 0 Å². The number of halogens is 1. The van der Waals surface area contributed by atoms with Gasteiger partial charge in [-0.1, -0.05) is 13.3 Å². The summed E-state index contributed by atoms with van der Waals surface area (Å²) in [5.41, 5.74) is 0.847. The van der Waals surface area contributed by atoms with Crippen LogP contribution in [-0.2, 0) is 4.74 Å². The number of nitrogens with zero attached hydrogens (tertiary/aromatic N) is 1. The van der Waals surface area contributed by atoms with Gasteiger partial charge in [0.25, 0.3) is 0 Å². The summed E-state index contributed by atoms with van der Waals surface area (Å²) < 4.78 is 18.1. The Morgan fingerprint density at radius 1 is 1.41 bits per heavy atom. The van der Waals surface area contributed by atoms with Crippen molar-refractivity contribution >= 4 is 0 Å². The lowest BCUT2D eigenvalue weighted by Gasteiger charge is -2.13. The zero-order valence-electron chi connectivity index (χ0n) is 10.6. The Morgan fingerprint density at radius 2 is 2.24 bits per heavy atom. The van der Waals surface area contributed by atoms with E-state index in [0.717, 1.165) is 31.7 Å². The molecule has 1 aromatic rings. The van der Waals surface area contributed by atoms with Gasteiger partial charge in [-0.3, -0.25) is 4.98 Å². The highest BCUT2D eigenvalue weighted by Crippen LogP contribution is 2.08. The molecule has 1 unspecified atom stereocenters. The van der Waals surface area contributed by atoms with Crippen LogP contribution in [0.3, 0.4) is 0 Å². The van der Waals surface area contributed by atoms with E-state index in [9.17, 15) is 4.39 Å². The summed E-state index contributed by atoms with van der Waals surface area (Å²) in [5, 5.41) is 3.29. The van der Waals surface area contributed by atoms with Gasteiger partial charge >= 0.3 is 0 Å². The molecule has 0 aromatic carbocycles. The van der Waals surface area contributed by atoms with Crippen LogP contribution < -0.4 is 5.32 Å². The van der Waals surface area contributed by atoms with E-state index >= 15 is 0 Å². The van der Waals surface area contributed by atoms with Gasteiger partial charge in [0, 0.05) is 19.2 Å². The fraction of sp³-hybridized carbons (Fsp3) is 0.615. The minimum absolute atomic E-state index is 0.116. The number of unbranched alkanes of at least 4 members (excludes halogenated alkanes) is 1. The number of ether oxygens (including phenoxy) is 1. The van der Waals surface area contributed by atoms with Gasteiger partial charge in [0.1, 0.15) is 5.82 Å². The maximum atomic E-state index is 12.7. The van der Waals surface area contributed by atoms with Gasteiger partial charge in [0.2, 0.25) is 0 Å². The van der Waals surface area contributed by atoms with Crippen LogP contribution in [-0.4, -0.2) is 24.7 Å². The van der Waals surface area contributed by atoms with E-state index in [2.05, 4.69) is 17.2 Å². The molecule has 1 rings (SSSR count). The normalized spacial score (nSPS) is 12.6. The highest BCUT2D eigenvalue weighted by molar-refractivity contribution is 5.08. The highest BCUT2D eigenvalue weighted by atomic mass is 19.1. The van der Waals surface area contributed by atoms with E-state index in [-0.39, 0.29) is 11.9 Å². The summed E-state index contributed by atoms with van der Waals surface area (Å²) in [7, 11) is 0. The second-order valence-corrected chi connectivity index (χ2v) is 4.04. The molecule has 0 bridgehead atoms. The highest BCUT2D eigenvalue weighted by Gasteiger charge is 2.05. The van der Waals surface area contributed by atoms with E-state index in [4.69, 9.17) is 4.74 Å². The lowest BCUT2D eigenvalue weighted by molar-refractivity contribution is 0.131. The van der Waals surface area contributed by atoms with Crippen molar-refractivity contribution in [2.24, 2.45) is 0 Å². The molecule has 0 amide bonds. The van der Waals surface area contributed by atoms with Gasteiger partial charge < -0.3 is 10.1 Å². The van der Waals surface area contributed by atoms with Crippen LogP contribution in [0.15, 0.2) is 18.3 Å². The lowest BCUT2D eigenvalue weighted by Crippen LogP contribution is -2.24. The monoisotopic (exact) mass is 240 g/mol. The summed E-state index contributed by atoms with van der Waals surface area (Å²) in [6, 6.07) is 3.24. The fourth-order valence-electron chi connectivity index (χ4n) is 1.44. The van der Waals surface area contributed by atoms with Gasteiger partial charge in [-0.05, 0) is 25.5 Å². The first kappa shape index (κ1) is 14.1. The van der Waals surface area contributed by atoms with Crippen molar-refractivity contribution in [1.82, 2.24) is 10.3 Å². The molecular formula is C13H21FN2O. The molecule has 0 saturated carbocycles. The van der Waals surface area contributed by atoms with Crippen molar-refractivity contribution in [1.29, 1.82) is 0 Å². The summed E-state index contributed by atoms with van der Waals surface area (Å²) in [6.07, 6.45) is 3.50. The first-order valence-corrected chi connectivity index (χ1v) is 6.16. The van der Waals surface area contributed by atoms with Crippen LogP contribution in [0.1, 0.15) is 38.4 Å². The summed E-state index contributed by atoms with van der Waals surface area (Å²) in [4.78, 5) is 4.03. The summed E-state index contributed by atoms with van der Waals surface area (Å²) in [6.45, 7) is 6.45. The number of pyridine rings is 1. The lowest BCUT2D eigenvalue weighted by atomic mass is 10.2. The van der Waals surface area contributed by atoms with Gasteiger partial charge in [-0.25, -0.2) is 4.39 Å². The molecule has 0 radical (unpaired) electrons. The molecule has 3 nitrogen and oxygen atoms in total. The van der Waals surface area contributed by atoms with Gasteiger partial charge in [0.05, 0.1) is 18.5 Å². The SMILES string of the molecule is CCCCOCCNC(C)c1ccc(F)cn1. The van der Waals surface area contributed by atoms with E-state index in [1.165, 1.54) is 12.3 Å². The number of aromatic nitrogens is 1. The minimum Gasteiger partial charge on any atom is -0.380 e. The topological polar surface area (TPSA) is 34.1 Å². The van der Waals surface area contributed by atoms with Crippen LogP contribution in [0.25, 0.3) is 0 Å². The van der Waals surface area contributed by atoms with Crippen LogP contribution in [0.5, 0.6) is 0 Å². The smallest absolute Gasteiger partial charge is 0.141 e. The molecule has 0 fully saturated rings. The Kier molecular flexibility index (Phi) is 6.74. The first-order valence-electron chi connectivity index (χ1n) is 6.16. The average Bonchev–Trinajstić information content (AvgIpc) is 2.34.